The van der Waals surface area contributed by atoms with Crippen molar-refractivity contribution in [1.82, 2.24) is 8.75 Å². The first-order valence-electron chi connectivity index (χ1n) is 3.90. The topological polar surface area (TPSA) is 90.3 Å². The van der Waals surface area contributed by atoms with E-state index in [2.05, 4.69) is 19.4 Å². The van der Waals surface area contributed by atoms with Gasteiger partial charge < -0.3 is 20.8 Å². The minimum Gasteiger partial charge on any atom is -0.395 e. The molecule has 6 nitrogen and oxygen atoms in total. The van der Waals surface area contributed by atoms with Crippen LogP contribution in [-0.2, 0) is 0 Å². The zero-order chi connectivity index (χ0) is 9.52. The van der Waals surface area contributed by atoms with Crippen LogP contribution in [0.25, 0.3) is 0 Å². The number of aromatic nitrogens is 2. The minimum absolute atomic E-state index is 0.0525. The molecule has 0 unspecified atom stereocenters. The molecule has 0 saturated heterocycles. The Morgan fingerprint density at radius 1 is 1.00 bits per heavy atom. The van der Waals surface area contributed by atoms with Crippen LogP contribution in [-0.4, -0.2) is 45.3 Å². The molecule has 1 aromatic rings. The van der Waals surface area contributed by atoms with Gasteiger partial charge >= 0.3 is 0 Å². The predicted molar refractivity (Wildman–Crippen MR) is 51.1 cm³/mol. The van der Waals surface area contributed by atoms with Crippen LogP contribution in [0.1, 0.15) is 0 Å². The maximum Gasteiger partial charge on any atom is 0.184 e. The van der Waals surface area contributed by atoms with Gasteiger partial charge in [-0.15, -0.1) is 0 Å². The molecule has 0 aliphatic heterocycles. The Hall–Kier alpha value is -0.920. The van der Waals surface area contributed by atoms with E-state index in [0.29, 0.717) is 24.7 Å². The summed E-state index contributed by atoms with van der Waals surface area (Å²) in [6.07, 6.45) is 0. The molecule has 7 heteroatoms. The van der Waals surface area contributed by atoms with Gasteiger partial charge in [-0.2, -0.15) is 8.75 Å². The lowest BCUT2D eigenvalue weighted by Gasteiger charge is -2.03. The zero-order valence-corrected chi connectivity index (χ0v) is 7.84. The molecule has 13 heavy (non-hydrogen) atoms. The van der Waals surface area contributed by atoms with Crippen LogP contribution >= 0.6 is 11.7 Å². The van der Waals surface area contributed by atoms with Gasteiger partial charge in [-0.05, 0) is 0 Å². The molecule has 0 saturated carbocycles. The average molecular weight is 204 g/mol. The molecule has 0 aliphatic carbocycles. The van der Waals surface area contributed by atoms with Gasteiger partial charge in [0.2, 0.25) is 0 Å². The minimum atomic E-state index is 0.0525. The monoisotopic (exact) mass is 204 g/mol. The van der Waals surface area contributed by atoms with Crippen molar-refractivity contribution in [2.45, 2.75) is 0 Å². The summed E-state index contributed by atoms with van der Waals surface area (Å²) in [5.41, 5.74) is 0. The van der Waals surface area contributed by atoms with E-state index < -0.39 is 0 Å². The molecule has 0 aromatic carbocycles. The van der Waals surface area contributed by atoms with Gasteiger partial charge in [0.05, 0.1) is 24.9 Å². The molecule has 4 N–H and O–H groups in total. The lowest BCUT2D eigenvalue weighted by Crippen LogP contribution is -2.10. The molecule has 74 valence electrons. The third-order valence-electron chi connectivity index (χ3n) is 1.30. The number of anilines is 2. The van der Waals surface area contributed by atoms with Crippen molar-refractivity contribution >= 4 is 23.4 Å². The second-order valence-corrected chi connectivity index (χ2v) is 2.79. The molecule has 1 heterocycles. The summed E-state index contributed by atoms with van der Waals surface area (Å²) in [5, 5.41) is 22.9. The highest BCUT2D eigenvalue weighted by Gasteiger charge is 2.05. The number of rotatable bonds is 6. The van der Waals surface area contributed by atoms with E-state index in [1.54, 1.807) is 0 Å². The molecule has 0 radical (unpaired) electrons. The summed E-state index contributed by atoms with van der Waals surface area (Å²) < 4.78 is 7.94. The first kappa shape index (κ1) is 10.2. The first-order chi connectivity index (χ1) is 6.38. The quantitative estimate of drug-likeness (QED) is 0.492. The van der Waals surface area contributed by atoms with E-state index >= 15 is 0 Å². The molecule has 0 aliphatic rings. The van der Waals surface area contributed by atoms with Crippen LogP contribution in [0.5, 0.6) is 0 Å². The second-order valence-electron chi connectivity index (χ2n) is 2.26. The molecule has 0 spiro atoms. The van der Waals surface area contributed by atoms with Crippen LogP contribution in [0.15, 0.2) is 0 Å². The summed E-state index contributed by atoms with van der Waals surface area (Å²) in [4.78, 5) is 0. The van der Waals surface area contributed by atoms with Gasteiger partial charge in [-0.3, -0.25) is 0 Å². The van der Waals surface area contributed by atoms with Crippen LogP contribution in [0, 0.1) is 0 Å². The molecule has 0 atom stereocenters. The van der Waals surface area contributed by atoms with E-state index in [-0.39, 0.29) is 13.2 Å². The lowest BCUT2D eigenvalue weighted by molar-refractivity contribution is 0.310. The third-order valence-corrected chi connectivity index (χ3v) is 1.83. The van der Waals surface area contributed by atoms with Gasteiger partial charge in [0.25, 0.3) is 0 Å². The summed E-state index contributed by atoms with van der Waals surface area (Å²) >= 11 is 1.08. The van der Waals surface area contributed by atoms with Gasteiger partial charge in [0.15, 0.2) is 11.6 Å². The summed E-state index contributed by atoms with van der Waals surface area (Å²) in [5.74, 6) is 1.24. The summed E-state index contributed by atoms with van der Waals surface area (Å²) in [6, 6.07) is 0. The van der Waals surface area contributed by atoms with Crippen LogP contribution in [0.2, 0.25) is 0 Å². The average Bonchev–Trinajstić information content (AvgIpc) is 2.59. The lowest BCUT2D eigenvalue weighted by atomic mass is 10.5. The summed E-state index contributed by atoms with van der Waals surface area (Å²) in [7, 11) is 0. The molecular formula is C6H12N4O2S. The number of hydrogen-bond donors (Lipinski definition) is 4. The van der Waals surface area contributed by atoms with Crippen molar-refractivity contribution in [3.63, 3.8) is 0 Å². The first-order valence-corrected chi connectivity index (χ1v) is 4.63. The van der Waals surface area contributed by atoms with Crippen molar-refractivity contribution in [2.75, 3.05) is 36.9 Å². The number of aliphatic hydroxyl groups excluding tert-OH is 2. The summed E-state index contributed by atoms with van der Waals surface area (Å²) in [6.45, 7) is 0.992. The molecule has 1 aromatic heterocycles. The van der Waals surface area contributed by atoms with Crippen LogP contribution in [0.3, 0.4) is 0 Å². The van der Waals surface area contributed by atoms with Crippen LogP contribution < -0.4 is 10.6 Å². The molecule has 1 rings (SSSR count). The van der Waals surface area contributed by atoms with Gasteiger partial charge in [-0.25, -0.2) is 0 Å². The van der Waals surface area contributed by atoms with Gasteiger partial charge in [-0.1, -0.05) is 0 Å². The molecule has 0 fully saturated rings. The molecule has 0 amide bonds. The van der Waals surface area contributed by atoms with Crippen molar-refractivity contribution < 1.29 is 10.2 Å². The largest absolute Gasteiger partial charge is 0.395 e. The van der Waals surface area contributed by atoms with Gasteiger partial charge in [0, 0.05) is 13.1 Å². The predicted octanol–water partition coefficient (Wildman–Crippen LogP) is -0.654. The van der Waals surface area contributed by atoms with Crippen molar-refractivity contribution in [3.8, 4) is 0 Å². The smallest absolute Gasteiger partial charge is 0.184 e. The van der Waals surface area contributed by atoms with Crippen molar-refractivity contribution in [1.29, 1.82) is 0 Å². The van der Waals surface area contributed by atoms with Gasteiger partial charge in [0.1, 0.15) is 0 Å². The number of hydrogen-bond acceptors (Lipinski definition) is 7. The fourth-order valence-corrected chi connectivity index (χ4v) is 1.28. The van der Waals surface area contributed by atoms with E-state index in [1.165, 1.54) is 0 Å². The highest BCUT2D eigenvalue weighted by Crippen LogP contribution is 2.16. The van der Waals surface area contributed by atoms with E-state index in [0.717, 1.165) is 11.7 Å². The number of nitrogens with zero attached hydrogens (tertiary/aromatic N) is 2. The fourth-order valence-electron chi connectivity index (χ4n) is 0.769. The van der Waals surface area contributed by atoms with E-state index in [4.69, 9.17) is 10.2 Å². The fraction of sp³-hybridized carbons (Fsp3) is 0.667. The normalized spacial score (nSPS) is 10.0. The Kier molecular flexibility index (Phi) is 4.44. The third kappa shape index (κ3) is 3.13. The van der Waals surface area contributed by atoms with Crippen molar-refractivity contribution in [2.24, 2.45) is 0 Å². The molecular weight excluding hydrogens is 192 g/mol. The highest BCUT2D eigenvalue weighted by molar-refractivity contribution is 6.99. The Labute approximate surface area is 79.9 Å². The molecule has 0 bridgehead atoms. The maximum atomic E-state index is 8.56. The second kappa shape index (κ2) is 5.68. The van der Waals surface area contributed by atoms with Crippen LogP contribution in [0.4, 0.5) is 11.6 Å². The van der Waals surface area contributed by atoms with E-state index in [1.807, 2.05) is 0 Å². The highest BCUT2D eigenvalue weighted by atomic mass is 32.1. The SMILES string of the molecule is OCCNc1nsnc1NCCO. The zero-order valence-electron chi connectivity index (χ0n) is 7.03. The Balaban J connectivity index is 2.45. The van der Waals surface area contributed by atoms with E-state index in [9.17, 15) is 0 Å². The van der Waals surface area contributed by atoms with Crippen molar-refractivity contribution in [3.05, 3.63) is 0 Å². The number of aliphatic hydroxyl groups is 2. The maximum absolute atomic E-state index is 8.56. The Morgan fingerprint density at radius 3 is 1.85 bits per heavy atom. The Bertz CT molecular complexity index is 220. The Morgan fingerprint density at radius 2 is 1.46 bits per heavy atom. The number of nitrogens with one attached hydrogen (secondary N) is 2. The standard InChI is InChI=1S/C6H12N4O2S/c11-3-1-7-5-6(8-2-4-12)10-13-9-5/h11-12H,1-4H2,(H,7,9)(H,8,10).